The molecule has 4 nitrogen and oxygen atoms in total. The maximum absolute atomic E-state index is 13.7. The number of rotatable bonds is 2. The van der Waals surface area contributed by atoms with Gasteiger partial charge in [0.2, 0.25) is 0 Å². The molecule has 0 amide bonds. The minimum absolute atomic E-state index is 0.0163. The van der Waals surface area contributed by atoms with Crippen molar-refractivity contribution in [2.75, 3.05) is 6.54 Å². The van der Waals surface area contributed by atoms with Gasteiger partial charge >= 0.3 is 12.1 Å². The largest absolute Gasteiger partial charge is 0.458 e. The van der Waals surface area contributed by atoms with Gasteiger partial charge in [0.25, 0.3) is 0 Å². The summed E-state index contributed by atoms with van der Waals surface area (Å²) in [4.78, 5) is 16.1. The van der Waals surface area contributed by atoms with Crippen molar-refractivity contribution in [1.82, 2.24) is 4.90 Å². The van der Waals surface area contributed by atoms with Crippen LogP contribution in [0.2, 0.25) is 0 Å². The summed E-state index contributed by atoms with van der Waals surface area (Å²) >= 11 is 0. The van der Waals surface area contributed by atoms with E-state index >= 15 is 0 Å². The van der Waals surface area contributed by atoms with E-state index < -0.39 is 35.5 Å². The first kappa shape index (κ1) is 21.2. The molecule has 2 spiro atoms. The third kappa shape index (κ3) is 2.06. The summed E-state index contributed by atoms with van der Waals surface area (Å²) in [5.74, 6) is -0.257. The topological polar surface area (TPSA) is 49.8 Å². The molecule has 2 unspecified atom stereocenters. The van der Waals surface area contributed by atoms with Crippen molar-refractivity contribution in [2.24, 2.45) is 39.9 Å². The van der Waals surface area contributed by atoms with Crippen molar-refractivity contribution in [3.05, 3.63) is 47.5 Å². The molecule has 35 heavy (non-hydrogen) atoms. The smallest absolute Gasteiger partial charge is 0.417 e. The molecule has 7 heteroatoms. The van der Waals surface area contributed by atoms with Gasteiger partial charge in [0.15, 0.2) is 0 Å². The van der Waals surface area contributed by atoms with Crippen LogP contribution in [0.15, 0.2) is 36.4 Å². The number of nitrogens with zero attached hydrogens (tertiary/aromatic N) is 1. The Bertz CT molecular complexity index is 1200. The molecule has 186 valence electrons. The van der Waals surface area contributed by atoms with Crippen LogP contribution in [0.5, 0.6) is 0 Å². The quantitative estimate of drug-likeness (QED) is 0.488. The van der Waals surface area contributed by atoms with Crippen LogP contribution in [0.1, 0.15) is 54.9 Å². The molecule has 3 aliphatic heterocycles. The number of benzene rings is 1. The van der Waals surface area contributed by atoms with Gasteiger partial charge in [0.05, 0.1) is 17.2 Å². The SMILES string of the molecule is C=C1[C@H]2C[C@@H]3C4N5C[C@]6(C)CCC[C@@]47[C@@H]6[C@@H]5C[C@]3([C@@H]1O)[C@H]7[C@H]2OC(=O)c1ccccc1C(F)(F)F. The summed E-state index contributed by atoms with van der Waals surface area (Å²) in [6.07, 6.45) is -0.684. The Hall–Kier alpha value is -1.86. The maximum atomic E-state index is 13.7. The zero-order chi connectivity index (χ0) is 24.3. The van der Waals surface area contributed by atoms with Crippen LogP contribution >= 0.6 is 0 Å². The predicted molar refractivity (Wildman–Crippen MR) is 120 cm³/mol. The molecule has 9 aliphatic rings. The van der Waals surface area contributed by atoms with Gasteiger partial charge in [-0.05, 0) is 66.1 Å². The lowest BCUT2D eigenvalue weighted by Crippen LogP contribution is -2.69. The van der Waals surface area contributed by atoms with E-state index in [1.165, 1.54) is 24.6 Å². The molecule has 3 saturated heterocycles. The van der Waals surface area contributed by atoms with Crippen molar-refractivity contribution in [3.63, 3.8) is 0 Å². The number of carbonyl (C=O) groups excluding carboxylic acids is 1. The predicted octanol–water partition coefficient (Wildman–Crippen LogP) is 4.68. The number of aliphatic hydroxyl groups is 1. The van der Waals surface area contributed by atoms with Crippen LogP contribution in [-0.2, 0) is 10.9 Å². The second kappa shape index (κ2) is 5.99. The summed E-state index contributed by atoms with van der Waals surface area (Å²) < 4.78 is 47.3. The standard InChI is InChI=1S/C28H30F3NO3/c1-13-15-10-17-22-26-9-5-8-25(2)12-32(22)18(20(25)26)11-27(17,23(13)33)21(26)19(15)35-24(34)14-6-3-4-7-16(14)28(29,30)31/h3-4,6-7,15,17-23,33H,1,5,8-12H2,2H3/t15-,17-,18+,19+,20-,21+,22?,23-,25+,26+,27-/m1/s1. The Morgan fingerprint density at radius 3 is 2.74 bits per heavy atom. The van der Waals surface area contributed by atoms with E-state index in [0.29, 0.717) is 23.9 Å². The molecule has 0 aromatic heterocycles. The molecule has 10 rings (SSSR count). The Labute approximate surface area is 202 Å². The normalized spacial score (nSPS) is 54.0. The van der Waals surface area contributed by atoms with Crippen molar-refractivity contribution in [3.8, 4) is 0 Å². The molecule has 0 radical (unpaired) electrons. The number of alkyl halides is 3. The number of fused-ring (bicyclic) bond motifs is 1. The number of esters is 1. The van der Waals surface area contributed by atoms with Crippen LogP contribution in [0.25, 0.3) is 0 Å². The summed E-state index contributed by atoms with van der Waals surface area (Å²) in [6, 6.07) is 5.75. The minimum atomic E-state index is -4.63. The van der Waals surface area contributed by atoms with E-state index in [1.807, 2.05) is 0 Å². The average molecular weight is 486 g/mol. The van der Waals surface area contributed by atoms with E-state index in [2.05, 4.69) is 18.4 Å². The second-order valence-corrected chi connectivity index (χ2v) is 12.9. The lowest BCUT2D eigenvalue weighted by molar-refractivity contribution is -0.213. The zero-order valence-corrected chi connectivity index (χ0v) is 19.7. The van der Waals surface area contributed by atoms with Crippen molar-refractivity contribution < 1.29 is 27.8 Å². The van der Waals surface area contributed by atoms with E-state index in [0.717, 1.165) is 43.9 Å². The molecule has 1 aromatic rings. The van der Waals surface area contributed by atoms with Crippen LogP contribution in [-0.4, -0.2) is 46.8 Å². The van der Waals surface area contributed by atoms with Crippen LogP contribution in [0.4, 0.5) is 13.2 Å². The van der Waals surface area contributed by atoms with Gasteiger partial charge in [0, 0.05) is 35.9 Å². The molecular weight excluding hydrogens is 455 g/mol. The molecule has 9 bridgehead atoms. The molecular formula is C28H30F3NO3. The zero-order valence-electron chi connectivity index (χ0n) is 19.7. The highest BCUT2D eigenvalue weighted by Crippen LogP contribution is 2.87. The highest BCUT2D eigenvalue weighted by atomic mass is 19.4. The number of piperidine rings is 2. The van der Waals surface area contributed by atoms with Gasteiger partial charge in [-0.25, -0.2) is 4.79 Å². The van der Waals surface area contributed by atoms with Gasteiger partial charge < -0.3 is 9.84 Å². The summed E-state index contributed by atoms with van der Waals surface area (Å²) in [6.45, 7) is 7.78. The molecule has 3 heterocycles. The molecule has 9 fully saturated rings. The number of hydrogen-bond donors (Lipinski definition) is 1. The first-order chi connectivity index (χ1) is 16.6. The van der Waals surface area contributed by atoms with Gasteiger partial charge in [-0.1, -0.05) is 32.1 Å². The van der Waals surface area contributed by atoms with E-state index in [-0.39, 0.29) is 28.1 Å². The Morgan fingerprint density at radius 2 is 1.97 bits per heavy atom. The van der Waals surface area contributed by atoms with Gasteiger partial charge in [-0.3, -0.25) is 4.90 Å². The fourth-order valence-electron chi connectivity index (χ4n) is 11.7. The third-order valence-corrected chi connectivity index (χ3v) is 12.0. The summed E-state index contributed by atoms with van der Waals surface area (Å²) in [7, 11) is 0. The first-order valence-corrected chi connectivity index (χ1v) is 13.1. The van der Waals surface area contributed by atoms with Crippen LogP contribution in [0, 0.1) is 39.9 Å². The lowest BCUT2D eigenvalue weighted by Gasteiger charge is -2.66. The Kier molecular flexibility index (Phi) is 3.64. The summed E-state index contributed by atoms with van der Waals surface area (Å²) in [5.41, 5.74) is -0.820. The molecule has 12 atom stereocenters. The second-order valence-electron chi connectivity index (χ2n) is 12.9. The fraction of sp³-hybridized carbons (Fsp3) is 0.679. The molecule has 1 aromatic carbocycles. The average Bonchev–Trinajstić information content (AvgIpc) is 3.23. The highest BCUT2D eigenvalue weighted by molar-refractivity contribution is 5.91. The van der Waals surface area contributed by atoms with Gasteiger partial charge in [-0.15, -0.1) is 0 Å². The van der Waals surface area contributed by atoms with Crippen molar-refractivity contribution >= 4 is 5.97 Å². The van der Waals surface area contributed by atoms with Gasteiger partial charge in [0.1, 0.15) is 6.10 Å². The lowest BCUT2D eigenvalue weighted by atomic mass is 9.39. The highest BCUT2D eigenvalue weighted by Gasteiger charge is 2.90. The van der Waals surface area contributed by atoms with Crippen LogP contribution in [0.3, 0.4) is 0 Å². The molecule has 6 saturated carbocycles. The maximum Gasteiger partial charge on any atom is 0.417 e. The summed E-state index contributed by atoms with van der Waals surface area (Å²) in [5, 5.41) is 11.7. The first-order valence-electron chi connectivity index (χ1n) is 13.1. The third-order valence-electron chi connectivity index (χ3n) is 12.0. The van der Waals surface area contributed by atoms with Crippen molar-refractivity contribution in [2.45, 2.75) is 69.5 Å². The van der Waals surface area contributed by atoms with E-state index in [9.17, 15) is 23.1 Å². The molecule has 1 N–H and O–H groups in total. The Balaban J connectivity index is 1.26. The number of ether oxygens (including phenoxy) is 1. The fourth-order valence-corrected chi connectivity index (χ4v) is 11.7. The van der Waals surface area contributed by atoms with E-state index in [1.54, 1.807) is 0 Å². The monoisotopic (exact) mass is 485 g/mol. The number of aliphatic hydroxyl groups excluding tert-OH is 1. The Morgan fingerprint density at radius 1 is 1.20 bits per heavy atom. The van der Waals surface area contributed by atoms with Crippen LogP contribution < -0.4 is 0 Å². The number of carbonyl (C=O) groups is 1. The molecule has 6 aliphatic carbocycles. The number of hydrogen-bond acceptors (Lipinski definition) is 4. The van der Waals surface area contributed by atoms with Crippen molar-refractivity contribution in [1.29, 1.82) is 0 Å². The minimum Gasteiger partial charge on any atom is -0.458 e. The van der Waals surface area contributed by atoms with Gasteiger partial charge in [-0.2, -0.15) is 13.2 Å². The van der Waals surface area contributed by atoms with E-state index in [4.69, 9.17) is 4.74 Å². The number of halogens is 3.